The number of aromatic nitrogens is 3. The minimum atomic E-state index is -1.34. The number of rotatable bonds is 9. The fraction of sp³-hybridized carbons (Fsp3) is 0.426. The molecule has 6 heterocycles. The van der Waals surface area contributed by atoms with Crippen molar-refractivity contribution in [3.63, 3.8) is 0 Å². The number of phenols is 1. The van der Waals surface area contributed by atoms with Crippen molar-refractivity contribution in [2.45, 2.75) is 62.3 Å². The van der Waals surface area contributed by atoms with Crippen LogP contribution in [0.2, 0.25) is 0 Å². The molecule has 0 bridgehead atoms. The summed E-state index contributed by atoms with van der Waals surface area (Å²) in [6, 6.07) is 23.2. The number of aromatic hydroxyl groups is 1. The van der Waals surface area contributed by atoms with Gasteiger partial charge in [-0.2, -0.15) is 0 Å². The zero-order valence-electron chi connectivity index (χ0n) is 35.8. The number of hydrogen-bond acceptors (Lipinski definition) is 10. The number of nitrogens with zero attached hydrogens (tertiary/aromatic N) is 7. The Morgan fingerprint density at radius 3 is 2.55 bits per heavy atom. The van der Waals surface area contributed by atoms with E-state index in [0.717, 1.165) is 42.9 Å². The standard InChI is InChI=1S/C47H54FN9O3/c48-47(30-53-20-14-35(15-21-53)57-28-39(32-6-7-32)38-26-36(12-13-41(38)57)56-19-3-18-50-31-56)16-22-54(23-17-47)46(59)34-10-8-33(9-11-34)44-29-55(24-25-60-44)42-27-40(51-52-45(42)49)37-4-1-2-5-43(37)58/h1-5,8-13,19,26-28,32,35,44,50,58H,6-7,14-18,20-25,29-31H2,(H2,49,52)/i18D,31D/t18?,31-,44?/m1/s1. The fourth-order valence-corrected chi connectivity index (χ4v) is 9.55. The van der Waals surface area contributed by atoms with Gasteiger partial charge in [0.1, 0.15) is 17.5 Å². The van der Waals surface area contributed by atoms with Crippen LogP contribution < -0.4 is 20.9 Å². The third kappa shape index (κ3) is 7.81. The fourth-order valence-electron chi connectivity index (χ4n) is 9.55. The zero-order valence-corrected chi connectivity index (χ0v) is 33.8. The van der Waals surface area contributed by atoms with Crippen LogP contribution in [0.3, 0.4) is 0 Å². The Kier molecular flexibility index (Phi) is 9.80. The van der Waals surface area contributed by atoms with E-state index in [2.05, 4.69) is 54.3 Å². The monoisotopic (exact) mass is 813 g/mol. The molecule has 12 nitrogen and oxygen atoms in total. The van der Waals surface area contributed by atoms with E-state index in [1.165, 1.54) is 29.3 Å². The highest BCUT2D eigenvalue weighted by Gasteiger charge is 2.39. The highest BCUT2D eigenvalue weighted by atomic mass is 19.1. The lowest BCUT2D eigenvalue weighted by Crippen LogP contribution is -2.51. The molecule has 13 heteroatoms. The first-order chi connectivity index (χ1) is 30.1. The number of morpholine rings is 1. The SMILES string of the molecule is [2H]C1C=CN(c2ccc3c(c2)c(C2CC2)cn3C2CCN(CC3(F)CCN(C(=O)c4ccc(C5CN(c6cc(-c7ccccc7O)nnc6N)CCO5)cc4)CC3)CC2)[C@H]([2H])N1. The van der Waals surface area contributed by atoms with Gasteiger partial charge in [-0.1, -0.05) is 30.3 Å². The molecule has 3 aromatic carbocycles. The van der Waals surface area contributed by atoms with E-state index in [4.69, 9.17) is 13.2 Å². The molecule has 10 rings (SSSR count). The number of para-hydroxylation sites is 1. The van der Waals surface area contributed by atoms with Crippen molar-refractivity contribution in [2.75, 3.05) is 81.1 Å². The van der Waals surface area contributed by atoms with Crippen molar-refractivity contribution < 1.29 is 21.8 Å². The van der Waals surface area contributed by atoms with Gasteiger partial charge in [0.15, 0.2) is 5.82 Å². The molecule has 3 saturated heterocycles. The normalized spacial score (nSPS) is 24.4. The highest BCUT2D eigenvalue weighted by Crippen LogP contribution is 2.46. The average molecular weight is 814 g/mol. The van der Waals surface area contributed by atoms with Gasteiger partial charge < -0.3 is 39.7 Å². The Hall–Kier alpha value is -5.50. The Morgan fingerprint density at radius 1 is 0.983 bits per heavy atom. The molecular formula is C47H54FN9O3. The van der Waals surface area contributed by atoms with Gasteiger partial charge in [0.25, 0.3) is 5.91 Å². The smallest absolute Gasteiger partial charge is 0.253 e. The maximum atomic E-state index is 16.5. The molecule has 1 amide bonds. The third-order valence-corrected chi connectivity index (χ3v) is 13.1. The lowest BCUT2D eigenvalue weighted by molar-refractivity contribution is 0.0158. The van der Waals surface area contributed by atoms with Gasteiger partial charge in [0, 0.05) is 113 Å². The number of piperidine rings is 2. The van der Waals surface area contributed by atoms with Crippen LogP contribution in [0.5, 0.6) is 5.75 Å². The van der Waals surface area contributed by atoms with Crippen molar-refractivity contribution in [3.05, 3.63) is 108 Å². The summed E-state index contributed by atoms with van der Waals surface area (Å²) in [6.45, 7) is 3.14. The molecule has 5 aliphatic rings. The molecule has 60 heavy (non-hydrogen) atoms. The molecular weight excluding hydrogens is 758 g/mol. The van der Waals surface area contributed by atoms with Crippen LogP contribution in [-0.2, 0) is 4.74 Å². The number of carbonyl (C=O) groups is 1. The summed E-state index contributed by atoms with van der Waals surface area (Å²) >= 11 is 0. The van der Waals surface area contributed by atoms with E-state index in [-0.39, 0.29) is 17.8 Å². The van der Waals surface area contributed by atoms with Crippen molar-refractivity contribution in [2.24, 2.45) is 0 Å². The molecule has 312 valence electrons. The molecule has 1 saturated carbocycles. The second-order valence-corrected chi connectivity index (χ2v) is 17.1. The van der Waals surface area contributed by atoms with Gasteiger partial charge in [-0.25, -0.2) is 4.39 Å². The van der Waals surface area contributed by atoms with Crippen LogP contribution in [0.4, 0.5) is 21.6 Å². The van der Waals surface area contributed by atoms with Crippen molar-refractivity contribution in [1.29, 1.82) is 0 Å². The Balaban J connectivity index is 0.728. The molecule has 0 radical (unpaired) electrons. The van der Waals surface area contributed by atoms with Crippen LogP contribution in [0.15, 0.2) is 91.3 Å². The van der Waals surface area contributed by atoms with Gasteiger partial charge in [0.2, 0.25) is 0 Å². The third-order valence-electron chi connectivity index (χ3n) is 13.1. The van der Waals surface area contributed by atoms with Crippen LogP contribution in [-0.4, -0.2) is 107 Å². The maximum absolute atomic E-state index is 16.5. The number of amides is 1. The Labute approximate surface area is 353 Å². The Bertz CT molecular complexity index is 2460. The van der Waals surface area contributed by atoms with Crippen LogP contribution in [0.1, 0.15) is 80.8 Å². The predicted molar refractivity (Wildman–Crippen MR) is 233 cm³/mol. The van der Waals surface area contributed by atoms with E-state index < -0.39 is 18.8 Å². The maximum Gasteiger partial charge on any atom is 0.253 e. The van der Waals surface area contributed by atoms with Crippen molar-refractivity contribution in [1.82, 2.24) is 29.9 Å². The molecule has 2 aromatic heterocycles. The van der Waals surface area contributed by atoms with E-state index in [9.17, 15) is 9.90 Å². The Morgan fingerprint density at radius 2 is 1.78 bits per heavy atom. The molecule has 4 N–H and O–H groups in total. The number of nitrogens with one attached hydrogen (secondary N) is 1. The first-order valence-corrected chi connectivity index (χ1v) is 21.4. The summed E-state index contributed by atoms with van der Waals surface area (Å²) in [5, 5.41) is 23.0. The topological polar surface area (TPSA) is 128 Å². The summed E-state index contributed by atoms with van der Waals surface area (Å²) in [5.74, 6) is 0.908. The minimum absolute atomic E-state index is 0.0837. The molecule has 4 fully saturated rings. The van der Waals surface area contributed by atoms with E-state index in [0.29, 0.717) is 86.8 Å². The molecule has 5 aromatic rings. The second kappa shape index (κ2) is 16.2. The van der Waals surface area contributed by atoms with Crippen molar-refractivity contribution >= 4 is 34.0 Å². The van der Waals surface area contributed by atoms with Gasteiger partial charge in [-0.3, -0.25) is 10.1 Å². The van der Waals surface area contributed by atoms with Gasteiger partial charge in [-0.15, -0.1) is 10.2 Å². The minimum Gasteiger partial charge on any atom is -0.507 e. The summed E-state index contributed by atoms with van der Waals surface area (Å²) in [7, 11) is 0. The van der Waals surface area contributed by atoms with Crippen LogP contribution in [0.25, 0.3) is 22.2 Å². The molecule has 0 spiro atoms. The average Bonchev–Trinajstić information content (AvgIpc) is 4.07. The summed E-state index contributed by atoms with van der Waals surface area (Å²) in [4.78, 5) is 21.7. The number of ether oxygens (including phenoxy) is 1. The molecule has 2 unspecified atom stereocenters. The van der Waals surface area contributed by atoms with E-state index in [1.54, 1.807) is 29.2 Å². The van der Waals surface area contributed by atoms with E-state index in [1.807, 2.05) is 47.5 Å². The number of benzene rings is 3. The number of nitrogen functional groups attached to an aromatic ring is 1. The number of nitrogens with two attached hydrogens (primary N) is 1. The van der Waals surface area contributed by atoms with E-state index >= 15 is 4.39 Å². The summed E-state index contributed by atoms with van der Waals surface area (Å²) in [6.07, 6.45) is 10.6. The second-order valence-electron chi connectivity index (χ2n) is 17.1. The molecule has 4 aliphatic heterocycles. The lowest BCUT2D eigenvalue weighted by Gasteiger charge is -2.41. The van der Waals surface area contributed by atoms with Crippen LogP contribution in [0, 0.1) is 0 Å². The zero-order chi connectivity index (χ0) is 42.5. The van der Waals surface area contributed by atoms with Crippen molar-refractivity contribution in [3.8, 4) is 17.0 Å². The first-order valence-electron chi connectivity index (χ1n) is 22.5. The number of halogens is 1. The number of fused-ring (bicyclic) bond motifs is 1. The number of alkyl halides is 1. The number of likely N-dealkylation sites (tertiary alicyclic amines) is 2. The number of phenolic OH excluding ortho intramolecular Hbond substituents is 1. The van der Waals surface area contributed by atoms with Crippen LogP contribution >= 0.6 is 0 Å². The number of hydrogen-bond donors (Lipinski definition) is 3. The number of anilines is 3. The predicted octanol–water partition coefficient (Wildman–Crippen LogP) is 7.00. The molecule has 3 atom stereocenters. The quantitative estimate of drug-likeness (QED) is 0.143. The molecule has 1 aliphatic carbocycles. The largest absolute Gasteiger partial charge is 0.507 e. The number of carbonyl (C=O) groups excluding carboxylic acids is 1. The van der Waals surface area contributed by atoms with Gasteiger partial charge in [0.05, 0.1) is 26.0 Å². The summed E-state index contributed by atoms with van der Waals surface area (Å²) in [5.41, 5.74) is 11.8. The summed E-state index contributed by atoms with van der Waals surface area (Å²) < 4.78 is 41.5. The highest BCUT2D eigenvalue weighted by molar-refractivity contribution is 5.94. The van der Waals surface area contributed by atoms with Gasteiger partial charge in [-0.05, 0) is 91.3 Å². The first kappa shape index (κ1) is 36.4. The van der Waals surface area contributed by atoms with Gasteiger partial charge >= 0.3 is 0 Å². The lowest BCUT2D eigenvalue weighted by atomic mass is 9.91.